The molecule has 1 aromatic carbocycles. The van der Waals surface area contributed by atoms with Gasteiger partial charge in [0.05, 0.1) is 6.61 Å². The van der Waals surface area contributed by atoms with Gasteiger partial charge in [-0.15, -0.1) is 0 Å². The van der Waals surface area contributed by atoms with Crippen molar-refractivity contribution in [1.82, 2.24) is 14.9 Å². The predicted octanol–water partition coefficient (Wildman–Crippen LogP) is 3.34. The highest BCUT2D eigenvalue weighted by Gasteiger charge is 2.24. The highest BCUT2D eigenvalue weighted by Crippen LogP contribution is 2.27. The maximum atomic E-state index is 13.2. The van der Waals surface area contributed by atoms with Crippen LogP contribution in [0.15, 0.2) is 36.7 Å². The molecule has 0 N–H and O–H groups in total. The van der Waals surface area contributed by atoms with Crippen LogP contribution >= 0.6 is 0 Å². The second kappa shape index (κ2) is 8.60. The number of hydrogen-bond acceptors (Lipinski definition) is 5. The van der Waals surface area contributed by atoms with Crippen molar-refractivity contribution < 1.29 is 13.9 Å². The number of amides is 1. The minimum atomic E-state index is -0.283. The molecule has 1 fully saturated rings. The van der Waals surface area contributed by atoms with Crippen molar-refractivity contribution in [3.8, 4) is 11.3 Å². The zero-order valence-corrected chi connectivity index (χ0v) is 14.9. The Bertz CT molecular complexity index is 731. The zero-order chi connectivity index (χ0) is 18.4. The van der Waals surface area contributed by atoms with Gasteiger partial charge in [-0.2, -0.15) is 0 Å². The summed E-state index contributed by atoms with van der Waals surface area (Å²) in [7, 11) is 0. The molecule has 3 rings (SSSR count). The van der Waals surface area contributed by atoms with E-state index in [1.807, 2.05) is 0 Å². The van der Waals surface area contributed by atoms with E-state index >= 15 is 0 Å². The first kappa shape index (κ1) is 18.1. The normalized spacial score (nSPS) is 14.4. The van der Waals surface area contributed by atoms with Gasteiger partial charge in [-0.1, -0.05) is 13.3 Å². The van der Waals surface area contributed by atoms with E-state index in [9.17, 15) is 9.18 Å². The summed E-state index contributed by atoms with van der Waals surface area (Å²) in [6, 6.07) is 6.23. The fourth-order valence-corrected chi connectivity index (χ4v) is 2.87. The molecule has 2 aromatic rings. The average molecular weight is 358 g/mol. The fourth-order valence-electron chi connectivity index (χ4n) is 2.87. The standard InChI is InChI=1S/C19H23FN4O2/c1-2-3-14-26-19(25)24-12-10-23(11-13-24)18-17(21-8-9-22-18)15-4-6-16(20)7-5-15/h4-9H,2-3,10-14H2,1H3. The molecule has 1 aliphatic rings. The molecule has 1 amide bonds. The number of nitrogens with zero attached hydrogens (tertiary/aromatic N) is 4. The van der Waals surface area contributed by atoms with E-state index in [2.05, 4.69) is 21.8 Å². The summed E-state index contributed by atoms with van der Waals surface area (Å²) >= 11 is 0. The van der Waals surface area contributed by atoms with Crippen molar-refractivity contribution >= 4 is 11.9 Å². The summed E-state index contributed by atoms with van der Waals surface area (Å²) < 4.78 is 18.5. The Morgan fingerprint density at radius 3 is 2.50 bits per heavy atom. The number of carbonyl (C=O) groups is 1. The molecule has 0 saturated carbocycles. The van der Waals surface area contributed by atoms with E-state index in [0.29, 0.717) is 38.5 Å². The van der Waals surface area contributed by atoms with E-state index in [1.54, 1.807) is 29.4 Å². The molecule has 0 radical (unpaired) electrons. The molecule has 0 unspecified atom stereocenters. The Morgan fingerprint density at radius 1 is 1.12 bits per heavy atom. The van der Waals surface area contributed by atoms with Gasteiger partial charge in [0.1, 0.15) is 11.5 Å². The summed E-state index contributed by atoms with van der Waals surface area (Å²) in [5.41, 5.74) is 1.53. The Kier molecular flexibility index (Phi) is 5.99. The van der Waals surface area contributed by atoms with Crippen molar-refractivity contribution in [3.63, 3.8) is 0 Å². The number of piperazine rings is 1. The minimum absolute atomic E-state index is 0.254. The van der Waals surface area contributed by atoms with Gasteiger partial charge in [-0.05, 0) is 30.7 Å². The van der Waals surface area contributed by atoms with Crippen molar-refractivity contribution in [2.24, 2.45) is 0 Å². The van der Waals surface area contributed by atoms with Crippen LogP contribution in [0.5, 0.6) is 0 Å². The molecule has 1 saturated heterocycles. The number of halogens is 1. The zero-order valence-electron chi connectivity index (χ0n) is 14.9. The third-order valence-corrected chi connectivity index (χ3v) is 4.36. The molecule has 0 aliphatic carbocycles. The highest BCUT2D eigenvalue weighted by molar-refractivity contribution is 5.72. The smallest absolute Gasteiger partial charge is 0.409 e. The Hall–Kier alpha value is -2.70. The van der Waals surface area contributed by atoms with E-state index in [0.717, 1.165) is 24.2 Å². The number of ether oxygens (including phenoxy) is 1. The number of hydrogen-bond donors (Lipinski definition) is 0. The van der Waals surface area contributed by atoms with Crippen LogP contribution < -0.4 is 4.90 Å². The van der Waals surface area contributed by atoms with Crippen LogP contribution in [0.3, 0.4) is 0 Å². The second-order valence-electron chi connectivity index (χ2n) is 6.18. The van der Waals surface area contributed by atoms with E-state index < -0.39 is 0 Å². The first-order valence-corrected chi connectivity index (χ1v) is 8.92. The molecule has 6 nitrogen and oxygen atoms in total. The van der Waals surface area contributed by atoms with Crippen LogP contribution in [0.1, 0.15) is 19.8 Å². The lowest BCUT2D eigenvalue weighted by Crippen LogP contribution is -2.49. The molecule has 0 spiro atoms. The molecule has 7 heteroatoms. The van der Waals surface area contributed by atoms with Crippen LogP contribution in [0.25, 0.3) is 11.3 Å². The minimum Gasteiger partial charge on any atom is -0.449 e. The van der Waals surface area contributed by atoms with E-state index in [-0.39, 0.29) is 11.9 Å². The molecule has 0 atom stereocenters. The Balaban J connectivity index is 1.67. The number of anilines is 1. The van der Waals surface area contributed by atoms with Crippen LogP contribution in [-0.2, 0) is 4.74 Å². The average Bonchev–Trinajstić information content (AvgIpc) is 2.69. The third kappa shape index (κ3) is 4.28. The number of unbranched alkanes of at least 4 members (excludes halogenated alkanes) is 1. The first-order valence-electron chi connectivity index (χ1n) is 8.92. The lowest BCUT2D eigenvalue weighted by atomic mass is 10.1. The number of aromatic nitrogens is 2. The topological polar surface area (TPSA) is 58.6 Å². The van der Waals surface area contributed by atoms with Gasteiger partial charge < -0.3 is 14.5 Å². The molecule has 2 heterocycles. The number of rotatable bonds is 5. The maximum absolute atomic E-state index is 13.2. The van der Waals surface area contributed by atoms with Crippen LogP contribution in [0.4, 0.5) is 15.0 Å². The Morgan fingerprint density at radius 2 is 1.81 bits per heavy atom. The lowest BCUT2D eigenvalue weighted by Gasteiger charge is -2.35. The van der Waals surface area contributed by atoms with Gasteiger partial charge in [0.25, 0.3) is 0 Å². The number of benzene rings is 1. The van der Waals surface area contributed by atoms with E-state index in [1.165, 1.54) is 12.1 Å². The lowest BCUT2D eigenvalue weighted by molar-refractivity contribution is 0.0989. The van der Waals surface area contributed by atoms with Crippen molar-refractivity contribution in [3.05, 3.63) is 42.5 Å². The molecule has 1 aliphatic heterocycles. The van der Waals surface area contributed by atoms with Crippen molar-refractivity contribution in [2.75, 3.05) is 37.7 Å². The van der Waals surface area contributed by atoms with Crippen molar-refractivity contribution in [2.45, 2.75) is 19.8 Å². The fraction of sp³-hybridized carbons (Fsp3) is 0.421. The number of carbonyl (C=O) groups excluding carboxylic acids is 1. The quantitative estimate of drug-likeness (QED) is 0.767. The summed E-state index contributed by atoms with van der Waals surface area (Å²) in [5, 5.41) is 0. The molecule has 0 bridgehead atoms. The second-order valence-corrected chi connectivity index (χ2v) is 6.18. The van der Waals surface area contributed by atoms with Crippen LogP contribution in [0.2, 0.25) is 0 Å². The molecule has 138 valence electrons. The summed E-state index contributed by atoms with van der Waals surface area (Å²) in [4.78, 5) is 24.8. The monoisotopic (exact) mass is 358 g/mol. The molecular weight excluding hydrogens is 335 g/mol. The van der Waals surface area contributed by atoms with Gasteiger partial charge in [0, 0.05) is 44.1 Å². The first-order chi connectivity index (χ1) is 12.7. The summed E-state index contributed by atoms with van der Waals surface area (Å²) in [5.74, 6) is 0.465. The van der Waals surface area contributed by atoms with Crippen LogP contribution in [-0.4, -0.2) is 53.7 Å². The molecule has 26 heavy (non-hydrogen) atoms. The van der Waals surface area contributed by atoms with Crippen molar-refractivity contribution in [1.29, 1.82) is 0 Å². The van der Waals surface area contributed by atoms with Gasteiger partial charge in [-0.25, -0.2) is 14.2 Å². The van der Waals surface area contributed by atoms with E-state index in [4.69, 9.17) is 4.74 Å². The summed E-state index contributed by atoms with van der Waals surface area (Å²) in [6.45, 7) is 4.97. The van der Waals surface area contributed by atoms with Gasteiger partial charge >= 0.3 is 6.09 Å². The van der Waals surface area contributed by atoms with Gasteiger partial charge in [0.2, 0.25) is 0 Å². The summed E-state index contributed by atoms with van der Waals surface area (Å²) in [6.07, 6.45) is 4.90. The molecule has 1 aromatic heterocycles. The van der Waals surface area contributed by atoms with Crippen LogP contribution in [0, 0.1) is 5.82 Å². The largest absolute Gasteiger partial charge is 0.449 e. The maximum Gasteiger partial charge on any atom is 0.409 e. The highest BCUT2D eigenvalue weighted by atomic mass is 19.1. The van der Waals surface area contributed by atoms with Gasteiger partial charge in [-0.3, -0.25) is 4.98 Å². The predicted molar refractivity (Wildman–Crippen MR) is 97.5 cm³/mol. The molecular formula is C19H23FN4O2. The third-order valence-electron chi connectivity index (χ3n) is 4.36. The SMILES string of the molecule is CCCCOC(=O)N1CCN(c2nccnc2-c2ccc(F)cc2)CC1. The Labute approximate surface area is 152 Å². The van der Waals surface area contributed by atoms with Gasteiger partial charge in [0.15, 0.2) is 5.82 Å².